The van der Waals surface area contributed by atoms with Crippen LogP contribution >= 0.6 is 0 Å². The molecule has 0 radical (unpaired) electrons. The van der Waals surface area contributed by atoms with Crippen molar-refractivity contribution in [3.8, 4) is 0 Å². The Labute approximate surface area is 98.2 Å². The number of aromatic nitrogens is 2. The molecule has 0 spiro atoms. The maximum Gasteiger partial charge on any atom is 0.259 e. The predicted octanol–water partition coefficient (Wildman–Crippen LogP) is 0.747. The van der Waals surface area contributed by atoms with Crippen LogP contribution in [-0.4, -0.2) is 22.5 Å². The Balaban J connectivity index is 1.91. The van der Waals surface area contributed by atoms with Crippen LogP contribution in [0.3, 0.4) is 0 Å². The lowest BCUT2D eigenvalue weighted by atomic mass is 10.2. The predicted molar refractivity (Wildman–Crippen MR) is 60.7 cm³/mol. The number of hydrogen-bond donors (Lipinski definition) is 1. The number of carbonyl (C=O) groups is 1. The second-order valence-electron chi connectivity index (χ2n) is 4.02. The summed E-state index contributed by atoms with van der Waals surface area (Å²) in [4.78, 5) is 20.4. The first-order chi connectivity index (χ1) is 8.24. The van der Waals surface area contributed by atoms with E-state index in [1.54, 1.807) is 6.20 Å². The molecule has 2 aliphatic rings. The van der Waals surface area contributed by atoms with Gasteiger partial charge < -0.3 is 10.1 Å². The van der Waals surface area contributed by atoms with E-state index in [0.717, 1.165) is 17.8 Å². The molecule has 1 fully saturated rings. The van der Waals surface area contributed by atoms with Gasteiger partial charge in [-0.15, -0.1) is 0 Å². The molecule has 0 bridgehead atoms. The minimum absolute atomic E-state index is 0.238. The van der Waals surface area contributed by atoms with Crippen molar-refractivity contribution in [3.63, 3.8) is 0 Å². The van der Waals surface area contributed by atoms with Gasteiger partial charge in [-0.2, -0.15) is 0 Å². The number of amides is 1. The summed E-state index contributed by atoms with van der Waals surface area (Å²) in [5.41, 5.74) is 2.87. The third kappa shape index (κ3) is 1.74. The Morgan fingerprint density at radius 2 is 2.41 bits per heavy atom. The van der Waals surface area contributed by atoms with E-state index in [-0.39, 0.29) is 5.91 Å². The number of ether oxygens (including phenoxy) is 1. The summed E-state index contributed by atoms with van der Waals surface area (Å²) < 4.78 is 5.41. The first-order valence-electron chi connectivity index (χ1n) is 5.36. The van der Waals surface area contributed by atoms with Gasteiger partial charge in [-0.1, -0.05) is 12.7 Å². The zero-order valence-electron chi connectivity index (χ0n) is 9.14. The van der Waals surface area contributed by atoms with Crippen LogP contribution < -0.4 is 5.32 Å². The van der Waals surface area contributed by atoms with E-state index in [2.05, 4.69) is 21.9 Å². The number of carbonyl (C=O) groups excluding carboxylic acids is 1. The van der Waals surface area contributed by atoms with E-state index < -0.39 is 6.10 Å². The van der Waals surface area contributed by atoms with Gasteiger partial charge in [0.05, 0.1) is 29.9 Å². The van der Waals surface area contributed by atoms with Gasteiger partial charge in [-0.05, 0) is 6.08 Å². The standard InChI is InChI=1S/C12H11N3O2/c1-7-6-17-11(12(16)14-7)10-5-13-8-3-2-4-9(8)15-10/h2,4-5,11H,1,3,6H2,(H,14,16). The minimum atomic E-state index is -0.688. The van der Waals surface area contributed by atoms with Crippen molar-refractivity contribution in [2.45, 2.75) is 12.5 Å². The highest BCUT2D eigenvalue weighted by Gasteiger charge is 2.28. The van der Waals surface area contributed by atoms with Crippen molar-refractivity contribution in [1.82, 2.24) is 15.3 Å². The number of fused-ring (bicyclic) bond motifs is 1. The van der Waals surface area contributed by atoms with Crippen molar-refractivity contribution < 1.29 is 9.53 Å². The van der Waals surface area contributed by atoms with Crippen LogP contribution in [0.1, 0.15) is 23.2 Å². The van der Waals surface area contributed by atoms with Crippen LogP contribution in [0.2, 0.25) is 0 Å². The summed E-state index contributed by atoms with van der Waals surface area (Å²) in [6, 6.07) is 0. The van der Waals surface area contributed by atoms with Crippen LogP contribution in [0.25, 0.3) is 6.08 Å². The van der Waals surface area contributed by atoms with E-state index in [1.807, 2.05) is 12.2 Å². The van der Waals surface area contributed by atoms with E-state index in [1.165, 1.54) is 0 Å². The fourth-order valence-corrected chi connectivity index (χ4v) is 1.90. The molecule has 1 saturated heterocycles. The first-order valence-corrected chi connectivity index (χ1v) is 5.36. The lowest BCUT2D eigenvalue weighted by Gasteiger charge is -2.23. The summed E-state index contributed by atoms with van der Waals surface area (Å²) >= 11 is 0. The normalized spacial score (nSPS) is 22.5. The van der Waals surface area contributed by atoms with Crippen LogP contribution in [0.5, 0.6) is 0 Å². The largest absolute Gasteiger partial charge is 0.356 e. The Hall–Kier alpha value is -2.01. The fourth-order valence-electron chi connectivity index (χ4n) is 1.90. The lowest BCUT2D eigenvalue weighted by molar-refractivity contribution is -0.135. The fraction of sp³-hybridized carbons (Fsp3) is 0.250. The van der Waals surface area contributed by atoms with Crippen molar-refractivity contribution in [2.24, 2.45) is 0 Å². The molecule has 1 aromatic rings. The second-order valence-corrected chi connectivity index (χ2v) is 4.02. The third-order valence-corrected chi connectivity index (χ3v) is 2.72. The average molecular weight is 229 g/mol. The van der Waals surface area contributed by atoms with Gasteiger partial charge in [0.1, 0.15) is 0 Å². The highest BCUT2D eigenvalue weighted by molar-refractivity contribution is 5.84. The quantitative estimate of drug-likeness (QED) is 0.771. The molecule has 1 aliphatic heterocycles. The molecule has 5 nitrogen and oxygen atoms in total. The van der Waals surface area contributed by atoms with Gasteiger partial charge >= 0.3 is 0 Å². The molecule has 0 aromatic carbocycles. The number of hydrogen-bond acceptors (Lipinski definition) is 4. The highest BCUT2D eigenvalue weighted by Crippen LogP contribution is 2.22. The minimum Gasteiger partial charge on any atom is -0.356 e. The first kappa shape index (κ1) is 10.2. The molecular weight excluding hydrogens is 218 g/mol. The maximum absolute atomic E-state index is 11.7. The van der Waals surface area contributed by atoms with Gasteiger partial charge in [0.2, 0.25) is 0 Å². The van der Waals surface area contributed by atoms with Gasteiger partial charge in [0.25, 0.3) is 5.91 Å². The number of nitrogens with one attached hydrogen (secondary N) is 1. The molecule has 86 valence electrons. The summed E-state index contributed by atoms with van der Waals surface area (Å²) in [5, 5.41) is 2.65. The van der Waals surface area contributed by atoms with Crippen LogP contribution in [0.15, 0.2) is 24.5 Å². The van der Waals surface area contributed by atoms with Crippen molar-refractivity contribution in [1.29, 1.82) is 0 Å². The molecule has 1 atom stereocenters. The average Bonchev–Trinajstić information content (AvgIpc) is 2.75. The van der Waals surface area contributed by atoms with Crippen molar-refractivity contribution >= 4 is 12.0 Å². The summed E-state index contributed by atoms with van der Waals surface area (Å²) in [7, 11) is 0. The molecule has 2 heterocycles. The monoisotopic (exact) mass is 229 g/mol. The lowest BCUT2D eigenvalue weighted by Crippen LogP contribution is -2.37. The Bertz CT molecular complexity index is 537. The van der Waals surface area contributed by atoms with Crippen molar-refractivity contribution in [3.05, 3.63) is 41.6 Å². The zero-order chi connectivity index (χ0) is 11.8. The van der Waals surface area contributed by atoms with Gasteiger partial charge in [0, 0.05) is 12.1 Å². The number of nitrogens with zero attached hydrogens (tertiary/aromatic N) is 2. The van der Waals surface area contributed by atoms with E-state index in [0.29, 0.717) is 18.0 Å². The van der Waals surface area contributed by atoms with Crippen LogP contribution in [0, 0.1) is 0 Å². The molecule has 1 unspecified atom stereocenters. The molecule has 1 aliphatic carbocycles. The Morgan fingerprint density at radius 1 is 1.53 bits per heavy atom. The Morgan fingerprint density at radius 3 is 3.24 bits per heavy atom. The van der Waals surface area contributed by atoms with Crippen LogP contribution in [-0.2, 0) is 16.0 Å². The SMILES string of the molecule is C=C1COC(c2cnc3c(n2)C=CC3)C(=O)N1. The third-order valence-electron chi connectivity index (χ3n) is 2.72. The van der Waals surface area contributed by atoms with Gasteiger partial charge in [-0.3, -0.25) is 9.78 Å². The Kier molecular flexibility index (Phi) is 2.26. The highest BCUT2D eigenvalue weighted by atomic mass is 16.5. The zero-order valence-corrected chi connectivity index (χ0v) is 9.14. The molecule has 5 heteroatoms. The van der Waals surface area contributed by atoms with Crippen LogP contribution in [0.4, 0.5) is 0 Å². The number of allylic oxidation sites excluding steroid dienone is 1. The van der Waals surface area contributed by atoms with E-state index >= 15 is 0 Å². The second kappa shape index (κ2) is 3.78. The molecule has 1 amide bonds. The topological polar surface area (TPSA) is 64.1 Å². The smallest absolute Gasteiger partial charge is 0.259 e. The van der Waals surface area contributed by atoms with Crippen molar-refractivity contribution in [2.75, 3.05) is 6.61 Å². The number of morpholine rings is 1. The van der Waals surface area contributed by atoms with Gasteiger partial charge in [-0.25, -0.2) is 4.98 Å². The summed E-state index contributed by atoms with van der Waals surface area (Å²) in [6.07, 6.45) is 5.62. The molecule has 3 rings (SSSR count). The van der Waals surface area contributed by atoms with Gasteiger partial charge in [0.15, 0.2) is 6.10 Å². The van der Waals surface area contributed by atoms with E-state index in [4.69, 9.17) is 4.74 Å². The molecule has 1 aromatic heterocycles. The molecule has 17 heavy (non-hydrogen) atoms. The number of rotatable bonds is 1. The molecule has 0 saturated carbocycles. The summed E-state index contributed by atoms with van der Waals surface area (Å²) in [5.74, 6) is -0.238. The summed E-state index contributed by atoms with van der Waals surface area (Å²) in [6.45, 7) is 3.96. The molecular formula is C12H11N3O2. The maximum atomic E-state index is 11.7. The van der Waals surface area contributed by atoms with E-state index in [9.17, 15) is 4.79 Å². The molecule has 1 N–H and O–H groups in total.